The largest absolute Gasteiger partial charge is 0.490 e. The fourth-order valence-electron chi connectivity index (χ4n) is 4.47. The minimum absolute atomic E-state index is 0.0137. The lowest BCUT2D eigenvalue weighted by Gasteiger charge is -2.32. The van der Waals surface area contributed by atoms with Crippen molar-refractivity contribution in [1.29, 1.82) is 0 Å². The molecular formula is C27H28ClF2N5O3. The Kier molecular flexibility index (Phi) is 7.66. The molecule has 5 rings (SSSR count). The van der Waals surface area contributed by atoms with E-state index in [1.54, 1.807) is 24.3 Å². The highest BCUT2D eigenvalue weighted by Gasteiger charge is 2.37. The van der Waals surface area contributed by atoms with Crippen LogP contribution in [0.25, 0.3) is 0 Å². The number of rotatable bonds is 8. The van der Waals surface area contributed by atoms with Crippen molar-refractivity contribution in [3.8, 4) is 11.5 Å². The van der Waals surface area contributed by atoms with Crippen LogP contribution >= 0.6 is 11.6 Å². The van der Waals surface area contributed by atoms with Crippen molar-refractivity contribution in [3.63, 3.8) is 0 Å². The Morgan fingerprint density at radius 2 is 1.87 bits per heavy atom. The smallest absolute Gasteiger partial charge is 0.166 e. The van der Waals surface area contributed by atoms with Crippen molar-refractivity contribution < 1.29 is 23.0 Å². The molecule has 0 bridgehead atoms. The maximum atomic E-state index is 15.4. The van der Waals surface area contributed by atoms with Gasteiger partial charge in [-0.2, -0.15) is 0 Å². The molecule has 0 amide bonds. The number of hydrogen-bond acceptors (Lipinski definition) is 8. The molecule has 11 heteroatoms. The Bertz CT molecular complexity index is 1350. The summed E-state index contributed by atoms with van der Waals surface area (Å²) in [4.78, 5) is 6.60. The van der Waals surface area contributed by atoms with E-state index in [9.17, 15) is 4.39 Å². The number of aliphatic imine (C=N–C) groups is 1. The number of hydrogen-bond donors (Lipinski definition) is 3. The Balaban J connectivity index is 1.35. The molecule has 3 aromatic rings. The highest BCUT2D eigenvalue weighted by Crippen LogP contribution is 2.43. The molecule has 8 nitrogen and oxygen atoms in total. The summed E-state index contributed by atoms with van der Waals surface area (Å²) in [6.45, 7) is 4.35. The lowest BCUT2D eigenvalue weighted by Crippen LogP contribution is -2.40. The minimum Gasteiger partial charge on any atom is -0.490 e. The first-order valence-corrected chi connectivity index (χ1v) is 12.5. The summed E-state index contributed by atoms with van der Waals surface area (Å²) in [7, 11) is 0. The van der Waals surface area contributed by atoms with Crippen LogP contribution in [0, 0.1) is 11.6 Å². The van der Waals surface area contributed by atoms with Gasteiger partial charge in [0.1, 0.15) is 36.3 Å². The van der Waals surface area contributed by atoms with Crippen molar-refractivity contribution in [3.05, 3.63) is 81.9 Å². The number of nitrogen functional groups attached to an aromatic ring is 1. The highest BCUT2D eigenvalue weighted by atomic mass is 35.5. The van der Waals surface area contributed by atoms with E-state index < -0.39 is 17.3 Å². The number of nitrogens with one attached hydrogen (secondary N) is 1. The molecule has 5 N–H and O–H groups in total. The minimum atomic E-state index is -1.60. The first-order valence-electron chi connectivity index (χ1n) is 12.2. The number of halogens is 3. The van der Waals surface area contributed by atoms with Gasteiger partial charge >= 0.3 is 0 Å². The standard InChI is InChI=1S/C27H28ClF2N5O3/c28-21-11-19(22(30)13-25(21)38-15-17-2-1-3-18(29)10-17)27(32)20-12-23(31)26(14-24(20)33-16-34-27)37-9-6-35-4-7-36-8-5-35/h1-3,10-14,16H,4-9,15,31-32H2,(H,33,34). The third kappa shape index (κ3) is 5.53. The molecule has 0 saturated carbocycles. The number of anilines is 2. The Hall–Kier alpha value is -3.44. The van der Waals surface area contributed by atoms with Crippen LogP contribution in [0.1, 0.15) is 16.7 Å². The van der Waals surface area contributed by atoms with Gasteiger partial charge < -0.3 is 25.3 Å². The van der Waals surface area contributed by atoms with Crippen LogP contribution in [0.15, 0.2) is 53.5 Å². The van der Waals surface area contributed by atoms with E-state index in [0.29, 0.717) is 48.1 Å². The van der Waals surface area contributed by atoms with E-state index in [1.807, 2.05) is 0 Å². The second-order valence-electron chi connectivity index (χ2n) is 9.09. The zero-order valence-corrected chi connectivity index (χ0v) is 21.3. The van der Waals surface area contributed by atoms with E-state index in [0.717, 1.165) is 25.7 Å². The third-order valence-corrected chi connectivity index (χ3v) is 6.83. The van der Waals surface area contributed by atoms with Gasteiger partial charge in [0.05, 0.1) is 35.9 Å². The van der Waals surface area contributed by atoms with Crippen molar-refractivity contribution >= 4 is 29.3 Å². The van der Waals surface area contributed by atoms with E-state index in [2.05, 4.69) is 15.2 Å². The molecule has 2 aliphatic rings. The Morgan fingerprint density at radius 1 is 1.05 bits per heavy atom. The average molecular weight is 544 g/mol. The summed E-state index contributed by atoms with van der Waals surface area (Å²) >= 11 is 6.44. The quantitative estimate of drug-likeness (QED) is 0.367. The molecule has 2 aliphatic heterocycles. The number of ether oxygens (including phenoxy) is 3. The monoisotopic (exact) mass is 543 g/mol. The molecule has 2 heterocycles. The second kappa shape index (κ2) is 11.1. The summed E-state index contributed by atoms with van der Waals surface area (Å²) in [6, 6.07) is 11.8. The molecule has 200 valence electrons. The summed E-state index contributed by atoms with van der Waals surface area (Å²) in [5, 5.41) is 3.17. The third-order valence-electron chi connectivity index (χ3n) is 6.53. The zero-order valence-electron chi connectivity index (χ0n) is 20.6. The van der Waals surface area contributed by atoms with Gasteiger partial charge in [-0.25, -0.2) is 13.8 Å². The zero-order chi connectivity index (χ0) is 26.7. The molecule has 0 aromatic heterocycles. The topological polar surface area (TPSA) is 107 Å². The van der Waals surface area contributed by atoms with E-state index in [-0.39, 0.29) is 22.9 Å². The molecule has 3 aromatic carbocycles. The van der Waals surface area contributed by atoms with E-state index in [4.69, 9.17) is 37.3 Å². The highest BCUT2D eigenvalue weighted by molar-refractivity contribution is 6.32. The molecule has 0 spiro atoms. The van der Waals surface area contributed by atoms with Crippen LogP contribution in [-0.4, -0.2) is 50.7 Å². The van der Waals surface area contributed by atoms with Crippen LogP contribution in [0.5, 0.6) is 11.5 Å². The van der Waals surface area contributed by atoms with Gasteiger partial charge in [0.2, 0.25) is 0 Å². The van der Waals surface area contributed by atoms with Crippen LogP contribution in [0.2, 0.25) is 5.02 Å². The van der Waals surface area contributed by atoms with Crippen molar-refractivity contribution in [2.75, 3.05) is 50.5 Å². The summed E-state index contributed by atoms with van der Waals surface area (Å²) < 4.78 is 45.8. The van der Waals surface area contributed by atoms with Crippen LogP contribution in [0.4, 0.5) is 20.2 Å². The van der Waals surface area contributed by atoms with Gasteiger partial charge in [0, 0.05) is 42.9 Å². The summed E-state index contributed by atoms with van der Waals surface area (Å²) in [5.41, 5.74) is 13.4. The number of fused-ring (bicyclic) bond motifs is 1. The Labute approximate surface area is 224 Å². The molecule has 1 unspecified atom stereocenters. The van der Waals surface area contributed by atoms with Crippen LogP contribution in [0.3, 0.4) is 0 Å². The van der Waals surface area contributed by atoms with Gasteiger partial charge in [-0.15, -0.1) is 0 Å². The lowest BCUT2D eigenvalue weighted by molar-refractivity contribution is 0.0323. The molecular weight excluding hydrogens is 516 g/mol. The van der Waals surface area contributed by atoms with Gasteiger partial charge in [0.15, 0.2) is 5.66 Å². The molecule has 1 atom stereocenters. The molecule has 1 fully saturated rings. The number of benzene rings is 3. The number of nitrogens with zero attached hydrogens (tertiary/aromatic N) is 2. The maximum absolute atomic E-state index is 15.4. The normalized spacial score (nSPS) is 19.1. The summed E-state index contributed by atoms with van der Waals surface area (Å²) in [6.07, 6.45) is 1.40. The number of nitrogens with two attached hydrogens (primary N) is 2. The van der Waals surface area contributed by atoms with Crippen molar-refractivity contribution in [2.45, 2.75) is 12.3 Å². The molecule has 0 radical (unpaired) electrons. The van der Waals surface area contributed by atoms with Crippen LogP contribution in [-0.2, 0) is 17.0 Å². The summed E-state index contributed by atoms with van der Waals surface area (Å²) in [5.74, 6) is -0.471. The van der Waals surface area contributed by atoms with E-state index in [1.165, 1.54) is 24.5 Å². The van der Waals surface area contributed by atoms with Gasteiger partial charge in [-0.3, -0.25) is 10.6 Å². The first-order chi connectivity index (χ1) is 18.3. The molecule has 0 aliphatic carbocycles. The Morgan fingerprint density at radius 3 is 2.66 bits per heavy atom. The fourth-order valence-corrected chi connectivity index (χ4v) is 4.69. The van der Waals surface area contributed by atoms with Crippen molar-refractivity contribution in [1.82, 2.24) is 4.90 Å². The molecule has 1 saturated heterocycles. The van der Waals surface area contributed by atoms with Gasteiger partial charge in [-0.05, 0) is 29.8 Å². The van der Waals surface area contributed by atoms with Gasteiger partial charge in [0.25, 0.3) is 0 Å². The van der Waals surface area contributed by atoms with E-state index >= 15 is 4.39 Å². The van der Waals surface area contributed by atoms with Gasteiger partial charge in [-0.1, -0.05) is 23.7 Å². The number of morpholine rings is 1. The predicted octanol–water partition coefficient (Wildman–Crippen LogP) is 4.10. The maximum Gasteiger partial charge on any atom is 0.166 e. The first kappa shape index (κ1) is 26.2. The van der Waals surface area contributed by atoms with Crippen molar-refractivity contribution in [2.24, 2.45) is 10.7 Å². The predicted molar refractivity (Wildman–Crippen MR) is 143 cm³/mol. The fraction of sp³-hybridized carbons (Fsp3) is 0.296. The molecule has 38 heavy (non-hydrogen) atoms. The second-order valence-corrected chi connectivity index (χ2v) is 9.50. The van der Waals surface area contributed by atoms with Crippen LogP contribution < -0.4 is 26.3 Å². The average Bonchev–Trinajstić information content (AvgIpc) is 2.90. The SMILES string of the molecule is Nc1cc2c(cc1OCCN1CCOCC1)NC=NC2(N)c1cc(Cl)c(OCc2cccc(F)c2)cc1F. The lowest BCUT2D eigenvalue weighted by atomic mass is 9.89.